The second-order valence-corrected chi connectivity index (χ2v) is 5.53. The van der Waals surface area contributed by atoms with Crippen molar-refractivity contribution in [1.82, 2.24) is 25.1 Å². The smallest absolute Gasteiger partial charge is 0.165 e. The van der Waals surface area contributed by atoms with Gasteiger partial charge in [-0.3, -0.25) is 4.90 Å². The Balaban J connectivity index is 1.60. The maximum absolute atomic E-state index is 13.0. The lowest BCUT2D eigenvalue weighted by molar-refractivity contribution is 0.179. The molecule has 0 atom stereocenters. The SMILES string of the molecule is COCCn1nnnc1CN1CC=C(c2ccc(F)cc2)CC1. The lowest BCUT2D eigenvalue weighted by atomic mass is 9.99. The van der Waals surface area contributed by atoms with Crippen LogP contribution in [0.25, 0.3) is 5.57 Å². The van der Waals surface area contributed by atoms with Crippen molar-refractivity contribution < 1.29 is 9.13 Å². The van der Waals surface area contributed by atoms with Crippen LogP contribution >= 0.6 is 0 Å². The van der Waals surface area contributed by atoms with Crippen LogP contribution in [0.1, 0.15) is 17.8 Å². The molecule has 7 heteroatoms. The first-order valence-electron chi connectivity index (χ1n) is 7.67. The maximum Gasteiger partial charge on any atom is 0.165 e. The van der Waals surface area contributed by atoms with E-state index in [-0.39, 0.29) is 5.82 Å². The molecular formula is C16H20FN5O. The van der Waals surface area contributed by atoms with Gasteiger partial charge < -0.3 is 4.74 Å². The van der Waals surface area contributed by atoms with E-state index in [9.17, 15) is 4.39 Å². The summed E-state index contributed by atoms with van der Waals surface area (Å²) in [6, 6.07) is 6.68. The third-order valence-corrected chi connectivity index (χ3v) is 3.99. The molecule has 1 aromatic carbocycles. The molecule has 0 aliphatic carbocycles. The third-order valence-electron chi connectivity index (χ3n) is 3.99. The highest BCUT2D eigenvalue weighted by molar-refractivity contribution is 5.66. The molecule has 0 unspecified atom stereocenters. The normalized spacial score (nSPS) is 15.7. The first kappa shape index (κ1) is 15.8. The Morgan fingerprint density at radius 3 is 2.78 bits per heavy atom. The van der Waals surface area contributed by atoms with E-state index in [1.165, 1.54) is 17.7 Å². The molecule has 1 aliphatic rings. The summed E-state index contributed by atoms with van der Waals surface area (Å²) in [5.74, 6) is 0.648. The van der Waals surface area contributed by atoms with Crippen LogP contribution < -0.4 is 0 Å². The van der Waals surface area contributed by atoms with E-state index in [4.69, 9.17) is 4.74 Å². The van der Waals surface area contributed by atoms with Gasteiger partial charge in [0.15, 0.2) is 5.82 Å². The van der Waals surface area contributed by atoms with Crippen molar-refractivity contribution in [2.45, 2.75) is 19.5 Å². The lowest BCUT2D eigenvalue weighted by Gasteiger charge is -2.25. The first-order valence-corrected chi connectivity index (χ1v) is 7.67. The van der Waals surface area contributed by atoms with Crippen LogP contribution in [0.4, 0.5) is 4.39 Å². The number of methoxy groups -OCH3 is 1. The molecule has 0 bridgehead atoms. The number of halogens is 1. The van der Waals surface area contributed by atoms with Crippen LogP contribution in [0.3, 0.4) is 0 Å². The van der Waals surface area contributed by atoms with Gasteiger partial charge in [-0.25, -0.2) is 9.07 Å². The van der Waals surface area contributed by atoms with Gasteiger partial charge in [0.05, 0.1) is 19.7 Å². The van der Waals surface area contributed by atoms with Crippen molar-refractivity contribution in [3.8, 4) is 0 Å². The molecule has 2 heterocycles. The van der Waals surface area contributed by atoms with Crippen LogP contribution in [0.2, 0.25) is 0 Å². The van der Waals surface area contributed by atoms with Gasteiger partial charge in [0, 0.05) is 20.2 Å². The maximum atomic E-state index is 13.0. The largest absolute Gasteiger partial charge is 0.383 e. The topological polar surface area (TPSA) is 56.1 Å². The monoisotopic (exact) mass is 317 g/mol. The van der Waals surface area contributed by atoms with Gasteiger partial charge in [-0.15, -0.1) is 5.10 Å². The van der Waals surface area contributed by atoms with E-state index < -0.39 is 0 Å². The highest BCUT2D eigenvalue weighted by Gasteiger charge is 2.16. The predicted molar refractivity (Wildman–Crippen MR) is 84.0 cm³/mol. The Bertz CT molecular complexity index is 667. The van der Waals surface area contributed by atoms with Gasteiger partial charge in [0.2, 0.25) is 0 Å². The van der Waals surface area contributed by atoms with Crippen LogP contribution in [-0.4, -0.2) is 51.9 Å². The summed E-state index contributed by atoms with van der Waals surface area (Å²) >= 11 is 0. The number of nitrogens with zero attached hydrogens (tertiary/aromatic N) is 5. The van der Waals surface area contributed by atoms with Gasteiger partial charge in [-0.1, -0.05) is 18.2 Å². The van der Waals surface area contributed by atoms with E-state index in [0.717, 1.165) is 30.9 Å². The molecule has 0 N–H and O–H groups in total. The third kappa shape index (κ3) is 4.00. The fourth-order valence-corrected chi connectivity index (χ4v) is 2.67. The van der Waals surface area contributed by atoms with Crippen LogP contribution in [0.15, 0.2) is 30.3 Å². The van der Waals surface area contributed by atoms with Crippen LogP contribution in [0, 0.1) is 5.82 Å². The zero-order valence-corrected chi connectivity index (χ0v) is 13.2. The van der Waals surface area contributed by atoms with Crippen molar-refractivity contribution in [3.63, 3.8) is 0 Å². The summed E-state index contributed by atoms with van der Waals surface area (Å²) in [4.78, 5) is 2.29. The average Bonchev–Trinajstić information content (AvgIpc) is 3.01. The van der Waals surface area contributed by atoms with Gasteiger partial charge in [0.25, 0.3) is 0 Å². The molecule has 0 radical (unpaired) electrons. The summed E-state index contributed by atoms with van der Waals surface area (Å²) in [6.07, 6.45) is 3.13. The molecule has 6 nitrogen and oxygen atoms in total. The number of tetrazole rings is 1. The van der Waals surface area contributed by atoms with Gasteiger partial charge in [-0.2, -0.15) is 0 Å². The molecule has 0 spiro atoms. The van der Waals surface area contributed by atoms with Crippen molar-refractivity contribution in [2.75, 3.05) is 26.8 Å². The number of rotatable bonds is 6. The first-order chi connectivity index (χ1) is 11.3. The fourth-order valence-electron chi connectivity index (χ4n) is 2.67. The van der Waals surface area contributed by atoms with E-state index in [2.05, 4.69) is 26.5 Å². The second-order valence-electron chi connectivity index (χ2n) is 5.53. The van der Waals surface area contributed by atoms with Crippen molar-refractivity contribution in [1.29, 1.82) is 0 Å². The molecule has 122 valence electrons. The van der Waals surface area contributed by atoms with Gasteiger partial charge in [-0.05, 0) is 40.1 Å². The quantitative estimate of drug-likeness (QED) is 0.812. The van der Waals surface area contributed by atoms with E-state index in [1.54, 1.807) is 11.8 Å². The van der Waals surface area contributed by atoms with Crippen molar-refractivity contribution >= 4 is 5.57 Å². The average molecular weight is 317 g/mol. The van der Waals surface area contributed by atoms with Crippen LogP contribution in [-0.2, 0) is 17.8 Å². The van der Waals surface area contributed by atoms with Gasteiger partial charge >= 0.3 is 0 Å². The zero-order chi connectivity index (χ0) is 16.1. The lowest BCUT2D eigenvalue weighted by Crippen LogP contribution is -2.29. The number of benzene rings is 1. The minimum atomic E-state index is -0.199. The number of aromatic nitrogens is 4. The molecule has 3 rings (SSSR count). The summed E-state index contributed by atoms with van der Waals surface area (Å²) in [5, 5.41) is 11.8. The Morgan fingerprint density at radius 2 is 2.09 bits per heavy atom. The minimum Gasteiger partial charge on any atom is -0.383 e. The number of hydrogen-bond acceptors (Lipinski definition) is 5. The van der Waals surface area contributed by atoms with Gasteiger partial charge in [0.1, 0.15) is 5.82 Å². The summed E-state index contributed by atoms with van der Waals surface area (Å²) in [5.41, 5.74) is 2.36. The predicted octanol–water partition coefficient (Wildman–Crippen LogP) is 1.75. The summed E-state index contributed by atoms with van der Waals surface area (Å²) in [7, 11) is 1.66. The Hall–Kier alpha value is -2.12. The van der Waals surface area contributed by atoms with E-state index in [1.807, 2.05) is 12.1 Å². The molecule has 1 aliphatic heterocycles. The van der Waals surface area contributed by atoms with Crippen molar-refractivity contribution in [2.24, 2.45) is 0 Å². The van der Waals surface area contributed by atoms with E-state index >= 15 is 0 Å². The molecular weight excluding hydrogens is 297 g/mol. The second kappa shape index (κ2) is 7.43. The summed E-state index contributed by atoms with van der Waals surface area (Å²) in [6.45, 7) is 3.73. The molecule has 0 amide bonds. The molecule has 0 fully saturated rings. The van der Waals surface area contributed by atoms with E-state index in [0.29, 0.717) is 19.7 Å². The zero-order valence-electron chi connectivity index (χ0n) is 13.2. The molecule has 0 saturated carbocycles. The number of ether oxygens (including phenoxy) is 1. The molecule has 0 saturated heterocycles. The Morgan fingerprint density at radius 1 is 1.26 bits per heavy atom. The molecule has 23 heavy (non-hydrogen) atoms. The number of hydrogen-bond donors (Lipinski definition) is 0. The Kier molecular flexibility index (Phi) is 5.09. The van der Waals surface area contributed by atoms with Crippen LogP contribution in [0.5, 0.6) is 0 Å². The highest BCUT2D eigenvalue weighted by atomic mass is 19.1. The molecule has 2 aromatic rings. The Labute approximate surface area is 134 Å². The highest BCUT2D eigenvalue weighted by Crippen LogP contribution is 2.23. The standard InChI is InChI=1S/C16H20FN5O/c1-23-11-10-22-16(18-19-20-22)12-21-8-6-14(7-9-21)13-2-4-15(17)5-3-13/h2-6H,7-12H2,1H3. The molecule has 1 aromatic heterocycles. The minimum absolute atomic E-state index is 0.199. The van der Waals surface area contributed by atoms with Crippen molar-refractivity contribution in [3.05, 3.63) is 47.5 Å². The fraction of sp³-hybridized carbons (Fsp3) is 0.438. The summed E-state index contributed by atoms with van der Waals surface area (Å²) < 4.78 is 19.8.